The second-order valence-corrected chi connectivity index (χ2v) is 6.56. The number of amides is 1. The zero-order valence-corrected chi connectivity index (χ0v) is 15.2. The zero-order chi connectivity index (χ0) is 18.5. The summed E-state index contributed by atoms with van der Waals surface area (Å²) in [7, 11) is 0. The Labute approximate surface area is 153 Å². The zero-order valence-electron chi connectivity index (χ0n) is 15.2. The quantitative estimate of drug-likeness (QED) is 0.908. The van der Waals surface area contributed by atoms with E-state index in [1.54, 1.807) is 31.2 Å². The summed E-state index contributed by atoms with van der Waals surface area (Å²) in [6, 6.07) is 11.2. The molecule has 1 amide bonds. The number of nitrogens with zero attached hydrogens (tertiary/aromatic N) is 4. The van der Waals surface area contributed by atoms with Crippen LogP contribution in [-0.2, 0) is 0 Å². The largest absolute Gasteiger partial charge is 0.340 e. The Balaban J connectivity index is 1.85. The molecule has 0 bridgehead atoms. The lowest BCUT2D eigenvalue weighted by atomic mass is 9.99. The van der Waals surface area contributed by atoms with Crippen LogP contribution < -0.4 is 5.32 Å². The van der Waals surface area contributed by atoms with Gasteiger partial charge in [0.2, 0.25) is 0 Å². The van der Waals surface area contributed by atoms with Gasteiger partial charge in [-0.2, -0.15) is 5.26 Å². The first-order chi connectivity index (χ1) is 12.6. The average Bonchev–Trinajstić information content (AvgIpc) is 2.67. The lowest BCUT2D eigenvalue weighted by molar-refractivity contribution is 0.0601. The van der Waals surface area contributed by atoms with Gasteiger partial charge in [-0.3, -0.25) is 4.79 Å². The number of nitriles is 1. The number of piperidine rings is 1. The molecule has 1 aliphatic rings. The van der Waals surface area contributed by atoms with Crippen molar-refractivity contribution in [2.45, 2.75) is 45.6 Å². The number of hydrogen-bond donors (Lipinski definition) is 1. The van der Waals surface area contributed by atoms with Crippen molar-refractivity contribution in [1.82, 2.24) is 14.9 Å². The fourth-order valence-corrected chi connectivity index (χ4v) is 3.40. The van der Waals surface area contributed by atoms with Crippen LogP contribution in [0.4, 0.5) is 11.5 Å². The molecule has 1 N–H and O–H groups in total. The molecule has 1 fully saturated rings. The van der Waals surface area contributed by atoms with E-state index in [9.17, 15) is 4.79 Å². The van der Waals surface area contributed by atoms with Crippen molar-refractivity contribution in [3.05, 3.63) is 47.4 Å². The van der Waals surface area contributed by atoms with Crippen molar-refractivity contribution in [2.75, 3.05) is 11.9 Å². The smallest absolute Gasteiger partial charge is 0.272 e. The summed E-state index contributed by atoms with van der Waals surface area (Å²) in [5, 5.41) is 12.2. The topological polar surface area (TPSA) is 81.9 Å². The van der Waals surface area contributed by atoms with Crippen molar-refractivity contribution in [2.24, 2.45) is 0 Å². The lowest BCUT2D eigenvalue weighted by Crippen LogP contribution is -2.43. The van der Waals surface area contributed by atoms with Gasteiger partial charge in [-0.1, -0.05) is 13.0 Å². The van der Waals surface area contributed by atoms with E-state index in [0.717, 1.165) is 31.5 Å². The van der Waals surface area contributed by atoms with E-state index in [1.165, 1.54) is 6.42 Å². The molecule has 1 aliphatic heterocycles. The molecular formula is C20H23N5O. The lowest BCUT2D eigenvalue weighted by Gasteiger charge is -2.35. The molecule has 1 aromatic heterocycles. The van der Waals surface area contributed by atoms with Gasteiger partial charge in [0.15, 0.2) is 0 Å². The summed E-state index contributed by atoms with van der Waals surface area (Å²) in [4.78, 5) is 23.7. The van der Waals surface area contributed by atoms with E-state index in [2.05, 4.69) is 28.3 Å². The van der Waals surface area contributed by atoms with Gasteiger partial charge < -0.3 is 10.2 Å². The van der Waals surface area contributed by atoms with Gasteiger partial charge in [0, 0.05) is 24.3 Å². The predicted molar refractivity (Wildman–Crippen MR) is 100 cm³/mol. The minimum Gasteiger partial charge on any atom is -0.340 e. The molecule has 6 nitrogen and oxygen atoms in total. The number of carbonyl (C=O) groups excluding carboxylic acids is 1. The monoisotopic (exact) mass is 349 g/mol. The van der Waals surface area contributed by atoms with E-state index in [4.69, 9.17) is 5.26 Å². The minimum absolute atomic E-state index is 0.0316. The molecule has 1 saturated heterocycles. The number of aromatic nitrogens is 2. The number of benzene rings is 1. The van der Waals surface area contributed by atoms with Gasteiger partial charge in [-0.25, -0.2) is 9.97 Å². The maximum atomic E-state index is 13.0. The highest BCUT2D eigenvalue weighted by atomic mass is 16.2. The SMILES string of the molecule is CCC1CCCCN1C(=O)c1cc(Nc2cccc(C#N)c2)nc(C)n1. The fraction of sp³-hybridized carbons (Fsp3) is 0.400. The standard InChI is InChI=1S/C20H23N5O/c1-3-17-9-4-5-10-25(17)20(26)18-12-19(23-14(2)22-18)24-16-8-6-7-15(11-16)13-21/h6-8,11-12,17H,3-5,9-10H2,1-2H3,(H,22,23,24). The molecule has 1 aromatic carbocycles. The van der Waals surface area contributed by atoms with Crippen LogP contribution in [-0.4, -0.2) is 33.4 Å². The van der Waals surface area contributed by atoms with Gasteiger partial charge in [0.05, 0.1) is 11.6 Å². The second-order valence-electron chi connectivity index (χ2n) is 6.56. The highest BCUT2D eigenvalue weighted by Gasteiger charge is 2.27. The Bertz CT molecular complexity index is 842. The molecule has 3 rings (SSSR count). The minimum atomic E-state index is -0.0316. The molecule has 26 heavy (non-hydrogen) atoms. The molecule has 0 radical (unpaired) electrons. The van der Waals surface area contributed by atoms with Crippen LogP contribution in [0.3, 0.4) is 0 Å². The molecule has 0 saturated carbocycles. The molecule has 0 aliphatic carbocycles. The summed E-state index contributed by atoms with van der Waals surface area (Å²) in [5.41, 5.74) is 1.73. The maximum absolute atomic E-state index is 13.0. The number of likely N-dealkylation sites (tertiary alicyclic amines) is 1. The third kappa shape index (κ3) is 3.99. The highest BCUT2D eigenvalue weighted by molar-refractivity contribution is 5.93. The number of nitrogens with one attached hydrogen (secondary N) is 1. The Morgan fingerprint density at radius 3 is 2.96 bits per heavy atom. The molecule has 1 atom stereocenters. The summed E-state index contributed by atoms with van der Waals surface area (Å²) < 4.78 is 0. The van der Waals surface area contributed by atoms with Crippen LogP contribution in [0.25, 0.3) is 0 Å². The molecular weight excluding hydrogens is 326 g/mol. The Kier molecular flexibility index (Phi) is 5.47. The highest BCUT2D eigenvalue weighted by Crippen LogP contribution is 2.23. The van der Waals surface area contributed by atoms with Crippen LogP contribution in [0.2, 0.25) is 0 Å². The summed E-state index contributed by atoms with van der Waals surface area (Å²) in [6.07, 6.45) is 4.23. The van der Waals surface area contributed by atoms with Crippen LogP contribution in [0.5, 0.6) is 0 Å². The van der Waals surface area contributed by atoms with Crippen molar-refractivity contribution < 1.29 is 4.79 Å². The number of anilines is 2. The van der Waals surface area contributed by atoms with E-state index < -0.39 is 0 Å². The summed E-state index contributed by atoms with van der Waals surface area (Å²) in [6.45, 7) is 4.69. The summed E-state index contributed by atoms with van der Waals surface area (Å²) in [5.74, 6) is 1.07. The number of rotatable bonds is 4. The van der Waals surface area contributed by atoms with Crippen LogP contribution >= 0.6 is 0 Å². The molecule has 1 unspecified atom stereocenters. The molecule has 2 aromatic rings. The van der Waals surface area contributed by atoms with Gasteiger partial charge in [0.25, 0.3) is 5.91 Å². The molecule has 134 valence electrons. The third-order valence-electron chi connectivity index (χ3n) is 4.68. The van der Waals surface area contributed by atoms with Crippen molar-refractivity contribution >= 4 is 17.4 Å². The number of carbonyl (C=O) groups is 1. The van der Waals surface area contributed by atoms with Crippen molar-refractivity contribution in [3.63, 3.8) is 0 Å². The maximum Gasteiger partial charge on any atom is 0.272 e. The normalized spacial score (nSPS) is 16.8. The van der Waals surface area contributed by atoms with Crippen molar-refractivity contribution in [3.8, 4) is 6.07 Å². The van der Waals surface area contributed by atoms with Gasteiger partial charge in [-0.05, 0) is 50.8 Å². The van der Waals surface area contributed by atoms with E-state index >= 15 is 0 Å². The average molecular weight is 349 g/mol. The van der Waals surface area contributed by atoms with Crippen LogP contribution in [0.1, 0.15) is 54.5 Å². The van der Waals surface area contributed by atoms with E-state index in [-0.39, 0.29) is 11.9 Å². The third-order valence-corrected chi connectivity index (χ3v) is 4.68. The first-order valence-electron chi connectivity index (χ1n) is 9.04. The van der Waals surface area contributed by atoms with Crippen molar-refractivity contribution in [1.29, 1.82) is 5.26 Å². The number of aryl methyl sites for hydroxylation is 1. The van der Waals surface area contributed by atoms with Gasteiger partial charge in [0.1, 0.15) is 17.3 Å². The fourth-order valence-electron chi connectivity index (χ4n) is 3.40. The van der Waals surface area contributed by atoms with Gasteiger partial charge >= 0.3 is 0 Å². The summed E-state index contributed by atoms with van der Waals surface area (Å²) >= 11 is 0. The van der Waals surface area contributed by atoms with E-state index in [1.807, 2.05) is 11.0 Å². The molecule has 6 heteroatoms. The molecule has 2 heterocycles. The molecule has 0 spiro atoms. The first kappa shape index (κ1) is 17.9. The first-order valence-corrected chi connectivity index (χ1v) is 9.04. The van der Waals surface area contributed by atoms with Crippen LogP contribution in [0, 0.1) is 18.3 Å². The second kappa shape index (κ2) is 7.96. The Morgan fingerprint density at radius 2 is 2.19 bits per heavy atom. The predicted octanol–water partition coefficient (Wildman–Crippen LogP) is 3.81. The van der Waals surface area contributed by atoms with E-state index in [0.29, 0.717) is 22.9 Å². The number of hydrogen-bond acceptors (Lipinski definition) is 5. The van der Waals surface area contributed by atoms with Gasteiger partial charge in [-0.15, -0.1) is 0 Å². The van der Waals surface area contributed by atoms with Crippen LogP contribution in [0.15, 0.2) is 30.3 Å². The Morgan fingerprint density at radius 1 is 1.35 bits per heavy atom. The Hall–Kier alpha value is -2.94.